The normalized spacial score (nSPS) is 28.2. The van der Waals surface area contributed by atoms with Gasteiger partial charge in [0.2, 0.25) is 10.0 Å². The lowest BCUT2D eigenvalue weighted by Gasteiger charge is -2.52. The minimum absolute atomic E-state index is 0.0579. The van der Waals surface area contributed by atoms with Crippen molar-refractivity contribution < 1.29 is 17.9 Å². The Morgan fingerprint density at radius 1 is 1.30 bits per heavy atom. The molecule has 7 nitrogen and oxygen atoms in total. The van der Waals surface area contributed by atoms with E-state index in [0.717, 1.165) is 50.4 Å². The lowest BCUT2D eigenvalue weighted by Crippen LogP contribution is -2.55. The summed E-state index contributed by atoms with van der Waals surface area (Å²) in [6, 6.07) is 7.30. The molecule has 0 spiro atoms. The number of nitrogens with one attached hydrogen (secondary N) is 1. The van der Waals surface area contributed by atoms with Crippen LogP contribution in [0.2, 0.25) is 0 Å². The maximum Gasteiger partial charge on any atom is 0.244 e. The zero-order chi connectivity index (χ0) is 21.2. The SMILES string of the molecule is N#CCCN(CC1CCOC1)S(=O)(=O)c1ccc(NCC23CC(CCO2)C3)cc1Br. The van der Waals surface area contributed by atoms with Gasteiger partial charge in [0.1, 0.15) is 0 Å². The van der Waals surface area contributed by atoms with Crippen molar-refractivity contribution in [1.82, 2.24) is 4.31 Å². The average Bonchev–Trinajstić information content (AvgIpc) is 3.22. The third kappa shape index (κ3) is 4.68. The van der Waals surface area contributed by atoms with Crippen LogP contribution in [0.4, 0.5) is 5.69 Å². The summed E-state index contributed by atoms with van der Waals surface area (Å²) < 4.78 is 40.0. The van der Waals surface area contributed by atoms with Gasteiger partial charge in [-0.1, -0.05) is 0 Å². The smallest absolute Gasteiger partial charge is 0.244 e. The number of fused-ring (bicyclic) bond motifs is 2. The Bertz CT molecular complexity index is 900. The molecule has 3 saturated heterocycles. The summed E-state index contributed by atoms with van der Waals surface area (Å²) in [5.41, 5.74) is 0.804. The van der Waals surface area contributed by atoms with Gasteiger partial charge >= 0.3 is 0 Å². The molecule has 1 saturated carbocycles. The van der Waals surface area contributed by atoms with Gasteiger partial charge in [-0.2, -0.15) is 9.57 Å². The summed E-state index contributed by atoms with van der Waals surface area (Å²) in [6.07, 6.45) is 4.37. The Balaban J connectivity index is 1.46. The van der Waals surface area contributed by atoms with Crippen LogP contribution >= 0.6 is 15.9 Å². The molecular weight excluding hydrogens is 470 g/mol. The van der Waals surface area contributed by atoms with Crippen molar-refractivity contribution in [1.29, 1.82) is 5.26 Å². The van der Waals surface area contributed by atoms with Crippen LogP contribution < -0.4 is 5.32 Å². The van der Waals surface area contributed by atoms with Crippen molar-refractivity contribution in [2.45, 2.75) is 42.6 Å². The molecule has 9 heteroatoms. The highest BCUT2D eigenvalue weighted by molar-refractivity contribution is 9.10. The number of halogens is 1. The minimum atomic E-state index is -3.72. The molecule has 1 unspecified atom stereocenters. The zero-order valence-corrected chi connectivity index (χ0v) is 19.4. The molecule has 3 heterocycles. The van der Waals surface area contributed by atoms with Crippen molar-refractivity contribution in [3.05, 3.63) is 22.7 Å². The molecule has 3 aliphatic heterocycles. The van der Waals surface area contributed by atoms with Crippen LogP contribution in [-0.2, 0) is 19.5 Å². The number of rotatable bonds is 9. The van der Waals surface area contributed by atoms with E-state index in [9.17, 15) is 8.42 Å². The monoisotopic (exact) mass is 497 g/mol. The Kier molecular flexibility index (Phi) is 6.70. The van der Waals surface area contributed by atoms with Gasteiger partial charge in [0.25, 0.3) is 0 Å². The largest absolute Gasteiger partial charge is 0.382 e. The third-order valence-electron chi connectivity index (χ3n) is 6.38. The van der Waals surface area contributed by atoms with Gasteiger partial charge in [-0.05, 0) is 71.6 Å². The quantitative estimate of drug-likeness (QED) is 0.562. The molecule has 4 fully saturated rings. The summed E-state index contributed by atoms with van der Waals surface area (Å²) in [5.74, 6) is 0.962. The van der Waals surface area contributed by atoms with Gasteiger partial charge in [0, 0.05) is 49.4 Å². The average molecular weight is 498 g/mol. The molecule has 5 rings (SSSR count). The van der Waals surface area contributed by atoms with Crippen molar-refractivity contribution in [2.75, 3.05) is 44.8 Å². The number of ether oxygens (including phenoxy) is 2. The highest BCUT2D eigenvalue weighted by Crippen LogP contribution is 2.47. The van der Waals surface area contributed by atoms with E-state index in [1.165, 1.54) is 4.31 Å². The number of hydrogen-bond acceptors (Lipinski definition) is 6. The first-order valence-electron chi connectivity index (χ1n) is 10.5. The number of sulfonamides is 1. The van der Waals surface area contributed by atoms with Crippen molar-refractivity contribution in [2.24, 2.45) is 11.8 Å². The van der Waals surface area contributed by atoms with E-state index in [0.29, 0.717) is 24.2 Å². The van der Waals surface area contributed by atoms with E-state index in [-0.39, 0.29) is 29.4 Å². The van der Waals surface area contributed by atoms with Gasteiger partial charge in [0.05, 0.1) is 23.2 Å². The molecule has 164 valence electrons. The lowest BCUT2D eigenvalue weighted by molar-refractivity contribution is -0.168. The number of nitriles is 1. The molecule has 0 amide bonds. The van der Waals surface area contributed by atoms with E-state index in [4.69, 9.17) is 14.7 Å². The van der Waals surface area contributed by atoms with E-state index in [2.05, 4.69) is 27.3 Å². The van der Waals surface area contributed by atoms with Crippen LogP contribution in [-0.4, -0.2) is 57.8 Å². The number of hydrogen-bond donors (Lipinski definition) is 1. The molecule has 2 bridgehead atoms. The molecule has 1 N–H and O–H groups in total. The molecule has 0 aromatic heterocycles. The van der Waals surface area contributed by atoms with Crippen LogP contribution in [0.25, 0.3) is 0 Å². The molecule has 1 aromatic carbocycles. The van der Waals surface area contributed by atoms with E-state index in [1.807, 2.05) is 6.07 Å². The van der Waals surface area contributed by atoms with Crippen molar-refractivity contribution in [3.8, 4) is 6.07 Å². The fourth-order valence-electron chi connectivity index (χ4n) is 4.67. The summed E-state index contributed by atoms with van der Waals surface area (Å²) in [7, 11) is -3.72. The van der Waals surface area contributed by atoms with E-state index in [1.54, 1.807) is 12.1 Å². The Hall–Kier alpha value is -1.18. The van der Waals surface area contributed by atoms with Gasteiger partial charge in [0.15, 0.2) is 0 Å². The molecular formula is C21H28BrN3O4S. The van der Waals surface area contributed by atoms with Crippen LogP contribution in [0, 0.1) is 23.2 Å². The minimum Gasteiger partial charge on any atom is -0.382 e. The first kappa shape index (κ1) is 22.0. The Morgan fingerprint density at radius 2 is 2.13 bits per heavy atom. The van der Waals surface area contributed by atoms with Gasteiger partial charge in [-0.15, -0.1) is 0 Å². The second kappa shape index (κ2) is 9.13. The van der Waals surface area contributed by atoms with E-state index >= 15 is 0 Å². The molecule has 4 aliphatic rings. The van der Waals surface area contributed by atoms with Gasteiger partial charge in [-0.25, -0.2) is 8.42 Å². The highest BCUT2D eigenvalue weighted by atomic mass is 79.9. The fraction of sp³-hybridized carbons (Fsp3) is 0.667. The standard InChI is InChI=1S/C21H28BrN3O4S/c22-19-10-18(24-15-21-11-16(12-21)5-9-29-21)2-3-20(19)30(26,27)25(7-1-6-23)13-17-4-8-28-14-17/h2-3,10,16-17,24H,1,4-5,7-9,11-15H2. The van der Waals surface area contributed by atoms with Crippen LogP contribution in [0.5, 0.6) is 0 Å². The first-order valence-corrected chi connectivity index (χ1v) is 12.8. The van der Waals surface area contributed by atoms with Crippen LogP contribution in [0.1, 0.15) is 32.1 Å². The Morgan fingerprint density at radius 3 is 2.77 bits per heavy atom. The topological polar surface area (TPSA) is 91.7 Å². The maximum atomic E-state index is 13.3. The summed E-state index contributed by atoms with van der Waals surface area (Å²) >= 11 is 3.45. The fourth-order valence-corrected chi connectivity index (χ4v) is 7.23. The number of anilines is 1. The molecule has 30 heavy (non-hydrogen) atoms. The van der Waals surface area contributed by atoms with Crippen LogP contribution in [0.3, 0.4) is 0 Å². The predicted octanol–water partition coefficient (Wildman–Crippen LogP) is 3.37. The first-order chi connectivity index (χ1) is 14.4. The van der Waals surface area contributed by atoms with Crippen molar-refractivity contribution >= 4 is 31.6 Å². The summed E-state index contributed by atoms with van der Waals surface area (Å²) in [6.45, 7) is 3.34. The molecule has 0 radical (unpaired) electrons. The second-order valence-corrected chi connectivity index (χ2v) is 11.4. The Labute approximate surface area is 186 Å². The van der Waals surface area contributed by atoms with Gasteiger partial charge in [-0.3, -0.25) is 0 Å². The maximum absolute atomic E-state index is 13.3. The van der Waals surface area contributed by atoms with E-state index < -0.39 is 10.0 Å². The second-order valence-electron chi connectivity index (χ2n) is 8.59. The summed E-state index contributed by atoms with van der Waals surface area (Å²) in [5, 5.41) is 12.4. The van der Waals surface area contributed by atoms with Crippen molar-refractivity contribution in [3.63, 3.8) is 0 Å². The number of benzene rings is 1. The lowest BCUT2D eigenvalue weighted by atomic mass is 9.67. The van der Waals surface area contributed by atoms with Gasteiger partial charge < -0.3 is 14.8 Å². The molecule has 1 aromatic rings. The molecule has 1 atom stereocenters. The number of nitrogens with zero attached hydrogens (tertiary/aromatic N) is 2. The summed E-state index contributed by atoms with van der Waals surface area (Å²) in [4.78, 5) is 0.223. The predicted molar refractivity (Wildman–Crippen MR) is 117 cm³/mol. The molecule has 1 aliphatic carbocycles. The zero-order valence-electron chi connectivity index (χ0n) is 17.0. The van der Waals surface area contributed by atoms with Crippen LogP contribution in [0.15, 0.2) is 27.6 Å². The third-order valence-corrected chi connectivity index (χ3v) is 9.22. The highest BCUT2D eigenvalue weighted by Gasteiger charge is 2.48.